The van der Waals surface area contributed by atoms with Crippen molar-refractivity contribution in [2.75, 3.05) is 23.7 Å². The van der Waals surface area contributed by atoms with Gasteiger partial charge in [-0.05, 0) is 42.3 Å². The average Bonchev–Trinajstić information content (AvgIpc) is 3.09. The largest absolute Gasteiger partial charge is 0.312 e. The van der Waals surface area contributed by atoms with E-state index in [9.17, 15) is 17.6 Å². The van der Waals surface area contributed by atoms with E-state index in [2.05, 4.69) is 4.72 Å². The molecule has 1 saturated heterocycles. The monoisotopic (exact) mass is 408 g/mol. The first-order valence-electron chi connectivity index (χ1n) is 8.68. The lowest BCUT2D eigenvalue weighted by Gasteiger charge is -2.16. The van der Waals surface area contributed by atoms with E-state index >= 15 is 0 Å². The number of nitrogens with zero attached hydrogens (tertiary/aromatic N) is 1. The number of carbonyl (C=O) groups excluding carboxylic acids is 1. The second-order valence-corrected chi connectivity index (χ2v) is 9.06. The second kappa shape index (κ2) is 8.86. The van der Waals surface area contributed by atoms with E-state index < -0.39 is 10.0 Å². The molecule has 0 spiro atoms. The molecule has 1 amide bonds. The molecule has 5 nitrogen and oxygen atoms in total. The van der Waals surface area contributed by atoms with Crippen LogP contribution in [-0.2, 0) is 20.6 Å². The van der Waals surface area contributed by atoms with Crippen LogP contribution in [0.1, 0.15) is 18.4 Å². The topological polar surface area (TPSA) is 66.5 Å². The first-order valence-corrected chi connectivity index (χ1v) is 11.3. The van der Waals surface area contributed by atoms with Gasteiger partial charge >= 0.3 is 0 Å². The normalized spacial score (nSPS) is 14.7. The maximum atomic E-state index is 13.5. The van der Waals surface area contributed by atoms with Gasteiger partial charge in [0.2, 0.25) is 15.9 Å². The Bertz CT molecular complexity index is 901. The van der Waals surface area contributed by atoms with E-state index in [4.69, 9.17) is 0 Å². The Kier molecular flexibility index (Phi) is 6.51. The Labute approximate surface area is 163 Å². The fraction of sp³-hybridized carbons (Fsp3) is 0.316. The van der Waals surface area contributed by atoms with Crippen LogP contribution in [0.25, 0.3) is 0 Å². The van der Waals surface area contributed by atoms with Crippen molar-refractivity contribution in [3.63, 3.8) is 0 Å². The van der Waals surface area contributed by atoms with Gasteiger partial charge in [0.25, 0.3) is 0 Å². The fourth-order valence-corrected chi connectivity index (χ4v) is 4.86. The highest BCUT2D eigenvalue weighted by molar-refractivity contribution is 7.98. The molecular formula is C19H21FN2O3S2. The zero-order chi connectivity index (χ0) is 19.3. The summed E-state index contributed by atoms with van der Waals surface area (Å²) in [6.07, 6.45) is 1.36. The van der Waals surface area contributed by atoms with Crippen molar-refractivity contribution in [3.05, 3.63) is 59.9 Å². The first kappa shape index (κ1) is 19.9. The molecule has 0 bridgehead atoms. The number of rotatable bonds is 8. The van der Waals surface area contributed by atoms with Crippen molar-refractivity contribution in [1.29, 1.82) is 0 Å². The van der Waals surface area contributed by atoms with E-state index in [0.29, 0.717) is 30.0 Å². The van der Waals surface area contributed by atoms with Crippen molar-refractivity contribution in [1.82, 2.24) is 4.72 Å². The third kappa shape index (κ3) is 5.09. The van der Waals surface area contributed by atoms with E-state index in [1.807, 2.05) is 0 Å². The summed E-state index contributed by atoms with van der Waals surface area (Å²) in [6.45, 7) is 0.927. The van der Waals surface area contributed by atoms with Gasteiger partial charge in [-0.3, -0.25) is 4.79 Å². The van der Waals surface area contributed by atoms with Crippen LogP contribution < -0.4 is 9.62 Å². The Balaban J connectivity index is 1.49. The third-order valence-corrected chi connectivity index (χ3v) is 6.77. The molecule has 0 aliphatic carbocycles. The number of benzene rings is 2. The highest BCUT2D eigenvalue weighted by atomic mass is 32.2. The lowest BCUT2D eigenvalue weighted by molar-refractivity contribution is -0.117. The zero-order valence-corrected chi connectivity index (χ0v) is 16.4. The van der Waals surface area contributed by atoms with Crippen LogP contribution in [0, 0.1) is 5.82 Å². The van der Waals surface area contributed by atoms with Crippen LogP contribution >= 0.6 is 11.8 Å². The molecular weight excluding hydrogens is 387 g/mol. The minimum atomic E-state index is -3.61. The minimum Gasteiger partial charge on any atom is -0.312 e. The summed E-state index contributed by atoms with van der Waals surface area (Å²) in [4.78, 5) is 13.6. The SMILES string of the molecule is O=C1CCCN1c1ccc(S(=O)(=O)NCCSCc2ccccc2F)cc1. The van der Waals surface area contributed by atoms with E-state index in [-0.39, 0.29) is 23.2 Å². The van der Waals surface area contributed by atoms with Gasteiger partial charge in [-0.25, -0.2) is 17.5 Å². The van der Waals surface area contributed by atoms with Crippen molar-refractivity contribution in [2.45, 2.75) is 23.5 Å². The molecule has 2 aromatic carbocycles. The Morgan fingerprint density at radius 1 is 1.11 bits per heavy atom. The van der Waals surface area contributed by atoms with Crippen molar-refractivity contribution < 1.29 is 17.6 Å². The molecule has 0 aromatic heterocycles. The van der Waals surface area contributed by atoms with Crippen LogP contribution in [0.4, 0.5) is 10.1 Å². The molecule has 1 aliphatic rings. The average molecular weight is 409 g/mol. The molecule has 144 valence electrons. The smallest absolute Gasteiger partial charge is 0.240 e. The molecule has 27 heavy (non-hydrogen) atoms. The molecule has 3 rings (SSSR count). The molecule has 0 atom stereocenters. The minimum absolute atomic E-state index is 0.0654. The number of halogens is 1. The quantitative estimate of drug-likeness (QED) is 0.682. The van der Waals surface area contributed by atoms with Gasteiger partial charge in [0.05, 0.1) is 4.90 Å². The van der Waals surface area contributed by atoms with Crippen molar-refractivity contribution in [2.24, 2.45) is 0 Å². The Morgan fingerprint density at radius 2 is 1.85 bits per heavy atom. The molecule has 2 aromatic rings. The van der Waals surface area contributed by atoms with Crippen molar-refractivity contribution >= 4 is 33.4 Å². The maximum Gasteiger partial charge on any atom is 0.240 e. The number of thioether (sulfide) groups is 1. The van der Waals surface area contributed by atoms with Crippen LogP contribution in [0.5, 0.6) is 0 Å². The van der Waals surface area contributed by atoms with Crippen LogP contribution in [0.2, 0.25) is 0 Å². The molecule has 1 heterocycles. The zero-order valence-electron chi connectivity index (χ0n) is 14.7. The molecule has 0 saturated carbocycles. The van der Waals surface area contributed by atoms with E-state index in [0.717, 1.165) is 12.1 Å². The third-order valence-electron chi connectivity index (χ3n) is 4.29. The van der Waals surface area contributed by atoms with Gasteiger partial charge in [0, 0.05) is 36.7 Å². The summed E-state index contributed by atoms with van der Waals surface area (Å²) in [7, 11) is -3.61. The predicted molar refractivity (Wildman–Crippen MR) is 106 cm³/mol. The highest BCUT2D eigenvalue weighted by Crippen LogP contribution is 2.23. The van der Waals surface area contributed by atoms with E-state index in [1.165, 1.54) is 30.0 Å². The van der Waals surface area contributed by atoms with E-state index in [1.54, 1.807) is 35.2 Å². The number of nitrogens with one attached hydrogen (secondary N) is 1. The molecule has 0 unspecified atom stereocenters. The molecule has 0 radical (unpaired) electrons. The van der Waals surface area contributed by atoms with Crippen LogP contribution in [0.3, 0.4) is 0 Å². The lowest BCUT2D eigenvalue weighted by atomic mass is 10.2. The summed E-state index contributed by atoms with van der Waals surface area (Å²) in [5, 5.41) is 0. The molecule has 1 N–H and O–H groups in total. The molecule has 8 heteroatoms. The Morgan fingerprint density at radius 3 is 2.52 bits per heavy atom. The highest BCUT2D eigenvalue weighted by Gasteiger charge is 2.22. The molecule has 1 fully saturated rings. The van der Waals surface area contributed by atoms with Crippen molar-refractivity contribution in [3.8, 4) is 0 Å². The number of carbonyl (C=O) groups is 1. The van der Waals surface area contributed by atoms with Gasteiger partial charge in [-0.2, -0.15) is 11.8 Å². The summed E-state index contributed by atoms with van der Waals surface area (Å²) >= 11 is 1.46. The van der Waals surface area contributed by atoms with Crippen LogP contribution in [0.15, 0.2) is 53.4 Å². The van der Waals surface area contributed by atoms with Gasteiger partial charge in [0.1, 0.15) is 5.82 Å². The maximum absolute atomic E-state index is 13.5. The summed E-state index contributed by atoms with van der Waals surface area (Å²) in [6, 6.07) is 12.9. The van der Waals surface area contributed by atoms with Gasteiger partial charge in [-0.1, -0.05) is 18.2 Å². The van der Waals surface area contributed by atoms with Gasteiger partial charge in [-0.15, -0.1) is 0 Å². The number of anilines is 1. The predicted octanol–water partition coefficient (Wildman–Crippen LogP) is 3.16. The summed E-state index contributed by atoms with van der Waals surface area (Å²) in [5.74, 6) is 0.846. The Hall–Kier alpha value is -1.90. The number of hydrogen-bond acceptors (Lipinski definition) is 4. The van der Waals surface area contributed by atoms with Gasteiger partial charge < -0.3 is 4.90 Å². The number of hydrogen-bond donors (Lipinski definition) is 1. The fourth-order valence-electron chi connectivity index (χ4n) is 2.86. The lowest BCUT2D eigenvalue weighted by Crippen LogP contribution is -2.26. The van der Waals surface area contributed by atoms with Gasteiger partial charge in [0.15, 0.2) is 0 Å². The number of sulfonamides is 1. The first-order chi connectivity index (χ1) is 13.0. The number of amides is 1. The second-order valence-electron chi connectivity index (χ2n) is 6.18. The molecule has 1 aliphatic heterocycles. The summed E-state index contributed by atoms with van der Waals surface area (Å²) in [5.41, 5.74) is 1.33. The standard InChI is InChI=1S/C19H21FN2O3S2/c20-18-5-2-1-4-15(18)14-26-13-11-21-27(24,25)17-9-7-16(8-10-17)22-12-3-6-19(22)23/h1-2,4-5,7-10,21H,3,6,11-14H2. The summed E-state index contributed by atoms with van der Waals surface area (Å²) < 4.78 is 40.8. The van der Waals surface area contributed by atoms with Crippen LogP contribution in [-0.4, -0.2) is 33.2 Å².